The molecule has 2 N–H and O–H groups in total. The van der Waals surface area contributed by atoms with Crippen LogP contribution in [0.5, 0.6) is 0 Å². The summed E-state index contributed by atoms with van der Waals surface area (Å²) in [6, 6.07) is 3.42. The SMILES string of the molecule is CCOC(=O)c1c(C#N)ccn1[C@H]1C[C@H](O)[C@@H](CO)O1. The Hall–Kier alpha value is -1.88. The summed E-state index contributed by atoms with van der Waals surface area (Å²) >= 11 is 0. The van der Waals surface area contributed by atoms with Gasteiger partial charge in [-0.1, -0.05) is 0 Å². The lowest BCUT2D eigenvalue weighted by atomic mass is 10.2. The molecule has 0 radical (unpaired) electrons. The van der Waals surface area contributed by atoms with Crippen molar-refractivity contribution >= 4 is 5.97 Å². The molecule has 1 aliphatic heterocycles. The number of carbonyl (C=O) groups is 1. The van der Waals surface area contributed by atoms with Gasteiger partial charge in [0.15, 0.2) is 0 Å². The van der Waals surface area contributed by atoms with Gasteiger partial charge in [0, 0.05) is 12.6 Å². The van der Waals surface area contributed by atoms with E-state index in [4.69, 9.17) is 19.8 Å². The average molecular weight is 280 g/mol. The van der Waals surface area contributed by atoms with Gasteiger partial charge in [0.25, 0.3) is 0 Å². The van der Waals surface area contributed by atoms with Crippen LogP contribution in [0.15, 0.2) is 12.3 Å². The quantitative estimate of drug-likeness (QED) is 0.762. The van der Waals surface area contributed by atoms with E-state index in [0.717, 1.165) is 0 Å². The van der Waals surface area contributed by atoms with Crippen molar-refractivity contribution in [3.63, 3.8) is 0 Å². The number of hydrogen-bond donors (Lipinski definition) is 2. The molecule has 2 rings (SSSR count). The normalized spacial score (nSPS) is 25.4. The molecule has 2 heterocycles. The van der Waals surface area contributed by atoms with E-state index in [1.54, 1.807) is 13.1 Å². The smallest absolute Gasteiger partial charge is 0.356 e. The molecule has 1 saturated heterocycles. The second-order valence-electron chi connectivity index (χ2n) is 4.43. The van der Waals surface area contributed by atoms with E-state index in [-0.39, 0.29) is 30.9 Å². The topological polar surface area (TPSA) is 105 Å². The molecule has 0 bridgehead atoms. The van der Waals surface area contributed by atoms with Gasteiger partial charge in [-0.15, -0.1) is 0 Å². The Morgan fingerprint density at radius 2 is 2.45 bits per heavy atom. The van der Waals surface area contributed by atoms with Gasteiger partial charge >= 0.3 is 5.97 Å². The van der Waals surface area contributed by atoms with Crippen molar-refractivity contribution in [2.24, 2.45) is 0 Å². The van der Waals surface area contributed by atoms with E-state index < -0.39 is 24.4 Å². The summed E-state index contributed by atoms with van der Waals surface area (Å²) in [6.07, 6.45) is -0.335. The second kappa shape index (κ2) is 6.05. The summed E-state index contributed by atoms with van der Waals surface area (Å²) in [7, 11) is 0. The molecular formula is C13H16N2O5. The molecule has 1 aromatic rings. The Morgan fingerprint density at radius 1 is 1.70 bits per heavy atom. The van der Waals surface area contributed by atoms with Crippen LogP contribution in [0.3, 0.4) is 0 Å². The number of aliphatic hydroxyl groups is 2. The third-order valence-electron chi connectivity index (χ3n) is 3.20. The summed E-state index contributed by atoms with van der Waals surface area (Å²) in [5.41, 5.74) is 0.291. The molecule has 108 valence electrons. The minimum Gasteiger partial charge on any atom is -0.461 e. The zero-order valence-corrected chi connectivity index (χ0v) is 11.0. The van der Waals surface area contributed by atoms with Gasteiger partial charge in [-0.25, -0.2) is 4.79 Å². The highest BCUT2D eigenvalue weighted by molar-refractivity contribution is 5.90. The molecule has 3 atom stereocenters. The van der Waals surface area contributed by atoms with Crippen LogP contribution in [0.1, 0.15) is 35.6 Å². The fraction of sp³-hybridized carbons (Fsp3) is 0.538. The van der Waals surface area contributed by atoms with Crippen LogP contribution in [-0.2, 0) is 9.47 Å². The van der Waals surface area contributed by atoms with E-state index in [9.17, 15) is 9.90 Å². The highest BCUT2D eigenvalue weighted by Crippen LogP contribution is 2.31. The maximum atomic E-state index is 11.9. The maximum absolute atomic E-state index is 11.9. The Bertz CT molecular complexity index is 533. The molecule has 7 heteroatoms. The number of nitrogens with zero attached hydrogens (tertiary/aromatic N) is 2. The van der Waals surface area contributed by atoms with Crippen molar-refractivity contribution in [1.82, 2.24) is 4.57 Å². The van der Waals surface area contributed by atoms with Crippen molar-refractivity contribution in [3.05, 3.63) is 23.5 Å². The average Bonchev–Trinajstić information content (AvgIpc) is 3.01. The van der Waals surface area contributed by atoms with Crippen LogP contribution in [0.2, 0.25) is 0 Å². The van der Waals surface area contributed by atoms with Crippen LogP contribution in [0.25, 0.3) is 0 Å². The van der Waals surface area contributed by atoms with Gasteiger partial charge in [-0.3, -0.25) is 0 Å². The highest BCUT2D eigenvalue weighted by Gasteiger charge is 2.36. The summed E-state index contributed by atoms with van der Waals surface area (Å²) in [5.74, 6) is -0.611. The lowest BCUT2D eigenvalue weighted by Crippen LogP contribution is -2.24. The summed E-state index contributed by atoms with van der Waals surface area (Å²) in [5, 5.41) is 27.9. The number of aliphatic hydroxyl groups excluding tert-OH is 2. The third kappa shape index (κ3) is 2.54. The Morgan fingerprint density at radius 3 is 3.00 bits per heavy atom. The first-order valence-corrected chi connectivity index (χ1v) is 6.34. The predicted molar refractivity (Wildman–Crippen MR) is 66.7 cm³/mol. The summed E-state index contributed by atoms with van der Waals surface area (Å²) < 4.78 is 11.9. The van der Waals surface area contributed by atoms with Crippen LogP contribution >= 0.6 is 0 Å². The summed E-state index contributed by atoms with van der Waals surface area (Å²) in [4.78, 5) is 11.9. The maximum Gasteiger partial charge on any atom is 0.356 e. The van der Waals surface area contributed by atoms with Gasteiger partial charge in [0.2, 0.25) is 0 Å². The van der Waals surface area contributed by atoms with Crippen molar-refractivity contribution in [3.8, 4) is 6.07 Å². The number of carbonyl (C=O) groups excluding carboxylic acids is 1. The van der Waals surface area contributed by atoms with Crippen LogP contribution in [-0.4, -0.2) is 46.2 Å². The monoisotopic (exact) mass is 280 g/mol. The molecule has 0 unspecified atom stereocenters. The number of ether oxygens (including phenoxy) is 2. The molecule has 7 nitrogen and oxygen atoms in total. The molecule has 20 heavy (non-hydrogen) atoms. The van der Waals surface area contributed by atoms with E-state index in [1.165, 1.54) is 10.6 Å². The predicted octanol–water partition coefficient (Wildman–Crippen LogP) is 0.177. The van der Waals surface area contributed by atoms with Gasteiger partial charge in [-0.05, 0) is 13.0 Å². The number of nitriles is 1. The number of aromatic nitrogens is 1. The van der Waals surface area contributed by atoms with Crippen molar-refractivity contribution < 1.29 is 24.5 Å². The first-order chi connectivity index (χ1) is 9.62. The van der Waals surface area contributed by atoms with Crippen molar-refractivity contribution in [2.45, 2.75) is 31.8 Å². The zero-order valence-electron chi connectivity index (χ0n) is 11.0. The number of esters is 1. The van der Waals surface area contributed by atoms with Crippen molar-refractivity contribution in [2.75, 3.05) is 13.2 Å². The lowest BCUT2D eigenvalue weighted by Gasteiger charge is -2.16. The third-order valence-corrected chi connectivity index (χ3v) is 3.20. The zero-order chi connectivity index (χ0) is 14.7. The van der Waals surface area contributed by atoms with Crippen LogP contribution in [0, 0.1) is 11.3 Å². The van der Waals surface area contributed by atoms with Crippen LogP contribution in [0.4, 0.5) is 0 Å². The molecule has 1 aromatic heterocycles. The first-order valence-electron chi connectivity index (χ1n) is 6.34. The molecule has 0 saturated carbocycles. The van der Waals surface area contributed by atoms with Gasteiger partial charge in [-0.2, -0.15) is 5.26 Å². The van der Waals surface area contributed by atoms with E-state index in [1.807, 2.05) is 6.07 Å². The summed E-state index contributed by atoms with van der Waals surface area (Å²) in [6.45, 7) is 1.57. The highest BCUT2D eigenvalue weighted by atomic mass is 16.5. The first kappa shape index (κ1) is 14.5. The second-order valence-corrected chi connectivity index (χ2v) is 4.43. The minimum absolute atomic E-state index is 0.102. The van der Waals surface area contributed by atoms with E-state index in [0.29, 0.717) is 0 Å². The largest absolute Gasteiger partial charge is 0.461 e. The van der Waals surface area contributed by atoms with E-state index in [2.05, 4.69) is 0 Å². The standard InChI is InChI=1S/C13H16N2O5/c1-2-19-13(18)12-8(6-14)3-4-15(12)11-5-9(17)10(7-16)20-11/h3-4,9-11,16-17H,2,5,7H2,1H3/t9-,10+,11+/m0/s1. The van der Waals surface area contributed by atoms with Crippen LogP contribution < -0.4 is 0 Å². The molecule has 0 aliphatic carbocycles. The number of rotatable bonds is 4. The van der Waals surface area contributed by atoms with Gasteiger partial charge in [0.1, 0.15) is 24.1 Å². The fourth-order valence-corrected chi connectivity index (χ4v) is 2.24. The Labute approximate surface area is 115 Å². The molecule has 0 aromatic carbocycles. The Balaban J connectivity index is 2.31. The minimum atomic E-state index is -0.812. The van der Waals surface area contributed by atoms with E-state index >= 15 is 0 Å². The molecule has 1 aliphatic rings. The molecule has 1 fully saturated rings. The van der Waals surface area contributed by atoms with Gasteiger partial charge in [0.05, 0.1) is 24.9 Å². The lowest BCUT2D eigenvalue weighted by molar-refractivity contribution is -0.0452. The Kier molecular flexibility index (Phi) is 4.39. The molecule has 0 spiro atoms. The number of hydrogen-bond acceptors (Lipinski definition) is 6. The molecular weight excluding hydrogens is 264 g/mol. The van der Waals surface area contributed by atoms with Crippen molar-refractivity contribution in [1.29, 1.82) is 5.26 Å². The molecule has 0 amide bonds. The fourth-order valence-electron chi connectivity index (χ4n) is 2.24. The van der Waals surface area contributed by atoms with Gasteiger partial charge < -0.3 is 24.3 Å².